The summed E-state index contributed by atoms with van der Waals surface area (Å²) in [5.74, 6) is -2.22. The molecule has 5 heteroatoms. The van der Waals surface area contributed by atoms with Crippen molar-refractivity contribution in [2.45, 2.75) is 0 Å². The van der Waals surface area contributed by atoms with Crippen molar-refractivity contribution < 1.29 is 13.6 Å². The molecule has 0 saturated heterocycles. The van der Waals surface area contributed by atoms with E-state index < -0.39 is 11.6 Å². The summed E-state index contributed by atoms with van der Waals surface area (Å²) in [5, 5.41) is 0. The van der Waals surface area contributed by atoms with Crippen LogP contribution < -0.4 is 4.90 Å². The largest absolute Gasteiger partial charge is 0.340 e. The lowest BCUT2D eigenvalue weighted by molar-refractivity contribution is 0.0985. The molecule has 0 aliphatic heterocycles. The third-order valence-electron chi connectivity index (χ3n) is 4.01. The topological polar surface area (TPSA) is 25.2 Å². The standard InChI is InChI=1S/C19H16F2N2O/c1-22(14-8-9-15(20)16(21)12-14)19(24)18-11-10-17(23(18)2)13-6-4-3-5-7-13/h3-12H,1-2H3. The molecule has 0 N–H and O–H groups in total. The van der Waals surface area contributed by atoms with Gasteiger partial charge >= 0.3 is 0 Å². The Bertz CT molecular complexity index is 888. The van der Waals surface area contributed by atoms with E-state index in [2.05, 4.69) is 0 Å². The van der Waals surface area contributed by atoms with E-state index in [1.54, 1.807) is 17.7 Å². The first kappa shape index (κ1) is 15.9. The first-order valence-electron chi connectivity index (χ1n) is 7.43. The second-order valence-electron chi connectivity index (χ2n) is 5.49. The van der Waals surface area contributed by atoms with Gasteiger partial charge in [0.25, 0.3) is 5.91 Å². The molecule has 0 aliphatic carbocycles. The Labute approximate surface area is 138 Å². The molecular formula is C19H16F2N2O. The lowest BCUT2D eigenvalue weighted by atomic mass is 10.2. The Morgan fingerprint density at radius 2 is 1.67 bits per heavy atom. The second-order valence-corrected chi connectivity index (χ2v) is 5.49. The number of anilines is 1. The van der Waals surface area contributed by atoms with E-state index in [1.165, 1.54) is 18.0 Å². The lowest BCUT2D eigenvalue weighted by Gasteiger charge is -2.18. The highest BCUT2D eigenvalue weighted by Gasteiger charge is 2.19. The molecule has 0 fully saturated rings. The highest BCUT2D eigenvalue weighted by molar-refractivity contribution is 6.05. The average molecular weight is 326 g/mol. The third kappa shape index (κ3) is 2.80. The summed E-state index contributed by atoms with van der Waals surface area (Å²) in [6.45, 7) is 0. The Kier molecular flexibility index (Phi) is 4.16. The van der Waals surface area contributed by atoms with Crippen molar-refractivity contribution in [1.82, 2.24) is 4.57 Å². The van der Waals surface area contributed by atoms with E-state index >= 15 is 0 Å². The summed E-state index contributed by atoms with van der Waals surface area (Å²) < 4.78 is 28.2. The Morgan fingerprint density at radius 3 is 2.33 bits per heavy atom. The van der Waals surface area contributed by atoms with Crippen LogP contribution in [0.5, 0.6) is 0 Å². The van der Waals surface area contributed by atoms with Gasteiger partial charge in [0.05, 0.1) is 0 Å². The summed E-state index contributed by atoms with van der Waals surface area (Å²) in [5.41, 5.74) is 2.65. The first-order chi connectivity index (χ1) is 11.5. The van der Waals surface area contributed by atoms with Crippen LogP contribution in [0.15, 0.2) is 60.7 Å². The summed E-state index contributed by atoms with van der Waals surface area (Å²) in [7, 11) is 3.33. The van der Waals surface area contributed by atoms with E-state index in [4.69, 9.17) is 0 Å². The van der Waals surface area contributed by atoms with Gasteiger partial charge in [-0.1, -0.05) is 30.3 Å². The quantitative estimate of drug-likeness (QED) is 0.706. The zero-order valence-corrected chi connectivity index (χ0v) is 13.3. The molecule has 0 radical (unpaired) electrons. The molecule has 1 amide bonds. The van der Waals surface area contributed by atoms with Gasteiger partial charge in [-0.15, -0.1) is 0 Å². The van der Waals surface area contributed by atoms with Crippen molar-refractivity contribution in [2.24, 2.45) is 7.05 Å². The van der Waals surface area contributed by atoms with Gasteiger partial charge in [-0.2, -0.15) is 0 Å². The Hall–Kier alpha value is -2.95. The minimum Gasteiger partial charge on any atom is -0.340 e. The molecule has 0 unspecified atom stereocenters. The summed E-state index contributed by atoms with van der Waals surface area (Å²) in [6, 6.07) is 16.7. The molecule has 1 heterocycles. The molecular weight excluding hydrogens is 310 g/mol. The lowest BCUT2D eigenvalue weighted by Crippen LogP contribution is -2.28. The van der Waals surface area contributed by atoms with Gasteiger partial charge in [0, 0.05) is 31.5 Å². The molecule has 2 aromatic carbocycles. The minimum atomic E-state index is -0.982. The molecule has 3 nitrogen and oxygen atoms in total. The summed E-state index contributed by atoms with van der Waals surface area (Å²) in [6.07, 6.45) is 0. The van der Waals surface area contributed by atoms with Crippen molar-refractivity contribution in [3.63, 3.8) is 0 Å². The highest BCUT2D eigenvalue weighted by Crippen LogP contribution is 2.24. The van der Waals surface area contributed by atoms with Gasteiger partial charge in [0.2, 0.25) is 0 Å². The number of carbonyl (C=O) groups is 1. The first-order valence-corrected chi connectivity index (χ1v) is 7.43. The molecule has 3 aromatic rings. The Morgan fingerprint density at radius 1 is 0.958 bits per heavy atom. The molecule has 122 valence electrons. The number of nitrogens with zero attached hydrogens (tertiary/aromatic N) is 2. The fourth-order valence-corrected chi connectivity index (χ4v) is 2.61. The third-order valence-corrected chi connectivity index (χ3v) is 4.01. The number of rotatable bonds is 3. The van der Waals surface area contributed by atoms with E-state index in [-0.39, 0.29) is 5.91 Å². The zero-order valence-electron chi connectivity index (χ0n) is 13.3. The van der Waals surface area contributed by atoms with Crippen LogP contribution >= 0.6 is 0 Å². The van der Waals surface area contributed by atoms with Crippen molar-refractivity contribution in [3.8, 4) is 11.3 Å². The second kappa shape index (κ2) is 6.28. The van der Waals surface area contributed by atoms with Gasteiger partial charge in [-0.25, -0.2) is 8.78 Å². The van der Waals surface area contributed by atoms with E-state index in [9.17, 15) is 13.6 Å². The number of amides is 1. The van der Waals surface area contributed by atoms with Gasteiger partial charge < -0.3 is 9.47 Å². The fraction of sp³-hybridized carbons (Fsp3) is 0.105. The van der Waals surface area contributed by atoms with Crippen molar-refractivity contribution in [1.29, 1.82) is 0 Å². The normalized spacial score (nSPS) is 10.7. The molecule has 24 heavy (non-hydrogen) atoms. The maximum atomic E-state index is 13.4. The van der Waals surface area contributed by atoms with Crippen LogP contribution in [0.3, 0.4) is 0 Å². The van der Waals surface area contributed by atoms with Crippen molar-refractivity contribution in [2.75, 3.05) is 11.9 Å². The van der Waals surface area contributed by atoms with E-state index in [1.807, 2.05) is 36.4 Å². The van der Waals surface area contributed by atoms with Crippen LogP contribution in [0.4, 0.5) is 14.5 Å². The number of halogens is 2. The maximum absolute atomic E-state index is 13.4. The predicted octanol–water partition coefficient (Wildman–Crippen LogP) is 4.25. The van der Waals surface area contributed by atoms with Gasteiger partial charge in [-0.3, -0.25) is 4.79 Å². The average Bonchev–Trinajstić information content (AvgIpc) is 2.98. The zero-order chi connectivity index (χ0) is 17.3. The van der Waals surface area contributed by atoms with Gasteiger partial charge in [-0.05, 0) is 29.8 Å². The van der Waals surface area contributed by atoms with Crippen LogP contribution in [0.1, 0.15) is 10.5 Å². The fourth-order valence-electron chi connectivity index (χ4n) is 2.61. The van der Waals surface area contributed by atoms with Crippen LogP contribution in [0.25, 0.3) is 11.3 Å². The number of hydrogen-bond donors (Lipinski definition) is 0. The number of hydrogen-bond acceptors (Lipinski definition) is 1. The number of benzene rings is 2. The molecule has 0 bridgehead atoms. The maximum Gasteiger partial charge on any atom is 0.274 e. The molecule has 0 spiro atoms. The van der Waals surface area contributed by atoms with Crippen LogP contribution in [-0.2, 0) is 7.05 Å². The monoisotopic (exact) mass is 326 g/mol. The highest BCUT2D eigenvalue weighted by atomic mass is 19.2. The molecule has 0 aliphatic rings. The van der Waals surface area contributed by atoms with Crippen LogP contribution in [0.2, 0.25) is 0 Å². The van der Waals surface area contributed by atoms with Gasteiger partial charge in [0.15, 0.2) is 11.6 Å². The molecule has 0 saturated carbocycles. The van der Waals surface area contributed by atoms with Crippen LogP contribution in [0, 0.1) is 11.6 Å². The predicted molar refractivity (Wildman–Crippen MR) is 89.9 cm³/mol. The van der Waals surface area contributed by atoms with Crippen molar-refractivity contribution >= 4 is 11.6 Å². The number of aromatic nitrogens is 1. The van der Waals surface area contributed by atoms with E-state index in [0.29, 0.717) is 11.4 Å². The van der Waals surface area contributed by atoms with Gasteiger partial charge in [0.1, 0.15) is 5.69 Å². The van der Waals surface area contributed by atoms with Crippen molar-refractivity contribution in [3.05, 3.63) is 78.0 Å². The van der Waals surface area contributed by atoms with Crippen LogP contribution in [-0.4, -0.2) is 17.5 Å². The number of carbonyl (C=O) groups excluding carboxylic acids is 1. The molecule has 1 aromatic heterocycles. The summed E-state index contributed by atoms with van der Waals surface area (Å²) in [4.78, 5) is 14.0. The molecule has 0 atom stereocenters. The Balaban J connectivity index is 1.93. The summed E-state index contributed by atoms with van der Waals surface area (Å²) >= 11 is 0. The minimum absolute atomic E-state index is 0.293. The smallest absolute Gasteiger partial charge is 0.274 e. The SMILES string of the molecule is CN(C(=O)c1ccc(-c2ccccc2)n1C)c1ccc(F)c(F)c1. The van der Waals surface area contributed by atoms with E-state index in [0.717, 1.165) is 23.4 Å². The molecule has 3 rings (SSSR count).